The molecule has 0 aliphatic heterocycles. The van der Waals surface area contributed by atoms with Crippen LogP contribution in [-0.4, -0.2) is 19.6 Å². The van der Waals surface area contributed by atoms with Crippen LogP contribution in [0.25, 0.3) is 5.78 Å². The lowest BCUT2D eigenvalue weighted by Gasteiger charge is -2.00. The van der Waals surface area contributed by atoms with E-state index in [9.17, 15) is 4.79 Å². The molecule has 0 saturated carbocycles. The molecule has 0 aliphatic carbocycles. The van der Waals surface area contributed by atoms with Crippen molar-refractivity contribution in [3.05, 3.63) is 27.4 Å². The van der Waals surface area contributed by atoms with Crippen molar-refractivity contribution < 1.29 is 0 Å². The fourth-order valence-electron chi connectivity index (χ4n) is 1.59. The minimum Gasteiger partial charge on any atom is -0.275 e. The largest absolute Gasteiger partial charge is 0.277 e. The van der Waals surface area contributed by atoms with Gasteiger partial charge in [-0.05, 0) is 13.3 Å². The zero-order valence-corrected chi connectivity index (χ0v) is 9.16. The van der Waals surface area contributed by atoms with Crippen molar-refractivity contribution in [3.8, 4) is 0 Å². The van der Waals surface area contributed by atoms with Crippen molar-refractivity contribution in [2.75, 3.05) is 0 Å². The smallest absolute Gasteiger partial charge is 0.275 e. The number of H-pyrrole nitrogens is 1. The van der Waals surface area contributed by atoms with Gasteiger partial charge in [0, 0.05) is 12.0 Å². The quantitative estimate of drug-likeness (QED) is 0.792. The van der Waals surface area contributed by atoms with E-state index in [1.165, 1.54) is 4.52 Å². The van der Waals surface area contributed by atoms with Crippen LogP contribution < -0.4 is 5.56 Å². The second-order valence-electron chi connectivity index (χ2n) is 3.50. The number of rotatable bonds is 2. The number of nitrogens with zero attached hydrogens (tertiary/aromatic N) is 3. The zero-order valence-electron chi connectivity index (χ0n) is 9.16. The second kappa shape index (κ2) is 3.49. The van der Waals surface area contributed by atoms with Crippen molar-refractivity contribution in [2.24, 2.45) is 0 Å². The summed E-state index contributed by atoms with van der Waals surface area (Å²) in [4.78, 5) is 20.5. The first-order chi connectivity index (χ1) is 7.17. The van der Waals surface area contributed by atoms with E-state index >= 15 is 0 Å². The van der Waals surface area contributed by atoms with Crippen molar-refractivity contribution in [1.82, 2.24) is 19.6 Å². The van der Waals surface area contributed by atoms with Gasteiger partial charge in [-0.1, -0.05) is 13.8 Å². The maximum atomic E-state index is 11.9. The third-order valence-corrected chi connectivity index (χ3v) is 2.54. The number of fused-ring (bicyclic) bond motifs is 1. The Labute approximate surface area is 87.2 Å². The molecule has 5 heteroatoms. The summed E-state index contributed by atoms with van der Waals surface area (Å²) in [5.74, 6) is 1.26. The molecule has 2 aromatic heterocycles. The molecule has 0 unspecified atom stereocenters. The summed E-state index contributed by atoms with van der Waals surface area (Å²) in [5.41, 5.74) is 1.47. The predicted molar refractivity (Wildman–Crippen MR) is 57.1 cm³/mol. The van der Waals surface area contributed by atoms with Crippen LogP contribution in [0.5, 0.6) is 0 Å². The standard InChI is InChI=1S/C10H14N4O/c1-4-7-6(3)9(15)14-10(11-7)12-8(5-2)13-14/h4-5H2,1-3H3,(H,11,12,13). The van der Waals surface area contributed by atoms with Gasteiger partial charge in [0.1, 0.15) is 5.82 Å². The Kier molecular flexibility index (Phi) is 2.30. The normalized spacial score (nSPS) is 11.1. The Hall–Kier alpha value is -1.65. The molecular weight excluding hydrogens is 192 g/mol. The molecule has 0 aromatic carbocycles. The number of aromatic nitrogens is 4. The molecule has 15 heavy (non-hydrogen) atoms. The number of nitrogens with one attached hydrogen (secondary N) is 1. The molecule has 0 fully saturated rings. The first kappa shape index (κ1) is 9.89. The third-order valence-electron chi connectivity index (χ3n) is 2.54. The highest BCUT2D eigenvalue weighted by atomic mass is 16.1. The van der Waals surface area contributed by atoms with E-state index in [2.05, 4.69) is 15.1 Å². The van der Waals surface area contributed by atoms with Gasteiger partial charge in [-0.3, -0.25) is 9.89 Å². The third kappa shape index (κ3) is 1.44. The van der Waals surface area contributed by atoms with Crippen LogP contribution in [0.3, 0.4) is 0 Å². The Balaban J connectivity index is 2.81. The topological polar surface area (TPSA) is 63.1 Å². The first-order valence-electron chi connectivity index (χ1n) is 5.14. The minimum atomic E-state index is -0.0518. The average molecular weight is 206 g/mol. The van der Waals surface area contributed by atoms with E-state index in [1.807, 2.05) is 13.8 Å². The number of hydrogen-bond donors (Lipinski definition) is 1. The van der Waals surface area contributed by atoms with Crippen molar-refractivity contribution in [1.29, 1.82) is 0 Å². The molecule has 0 amide bonds. The van der Waals surface area contributed by atoms with Crippen LogP contribution in [0.1, 0.15) is 30.9 Å². The van der Waals surface area contributed by atoms with Gasteiger partial charge in [0.05, 0.1) is 5.69 Å². The fraction of sp³-hybridized carbons (Fsp3) is 0.500. The van der Waals surface area contributed by atoms with E-state index in [1.54, 1.807) is 6.92 Å². The van der Waals surface area contributed by atoms with Crippen LogP contribution in [0.2, 0.25) is 0 Å². The fourth-order valence-corrected chi connectivity index (χ4v) is 1.59. The van der Waals surface area contributed by atoms with E-state index in [0.717, 1.165) is 24.4 Å². The van der Waals surface area contributed by atoms with Gasteiger partial charge in [-0.25, -0.2) is 4.98 Å². The van der Waals surface area contributed by atoms with Crippen LogP contribution in [0.4, 0.5) is 0 Å². The Morgan fingerprint density at radius 3 is 2.60 bits per heavy atom. The molecule has 0 aliphatic rings. The molecule has 0 radical (unpaired) electrons. The van der Waals surface area contributed by atoms with Crippen molar-refractivity contribution >= 4 is 5.78 Å². The highest BCUT2D eigenvalue weighted by molar-refractivity contribution is 5.31. The van der Waals surface area contributed by atoms with Crippen LogP contribution >= 0.6 is 0 Å². The SMILES string of the molecule is CCc1nc2nc(CC)c(C)c(=O)n2[nH]1. The molecule has 0 spiro atoms. The molecule has 0 atom stereocenters. The summed E-state index contributed by atoms with van der Waals surface area (Å²) >= 11 is 0. The summed E-state index contributed by atoms with van der Waals surface area (Å²) in [6.07, 6.45) is 1.52. The van der Waals surface area contributed by atoms with E-state index < -0.39 is 0 Å². The molecule has 80 valence electrons. The summed E-state index contributed by atoms with van der Waals surface area (Å²) in [6.45, 7) is 5.77. The molecular formula is C10H14N4O. The second-order valence-corrected chi connectivity index (χ2v) is 3.50. The van der Waals surface area contributed by atoms with Crippen LogP contribution in [-0.2, 0) is 12.8 Å². The minimum absolute atomic E-state index is 0.0518. The number of hydrogen-bond acceptors (Lipinski definition) is 3. The lowest BCUT2D eigenvalue weighted by molar-refractivity contribution is 0.830. The van der Waals surface area contributed by atoms with E-state index in [0.29, 0.717) is 11.3 Å². The van der Waals surface area contributed by atoms with Crippen molar-refractivity contribution in [2.45, 2.75) is 33.6 Å². The first-order valence-corrected chi connectivity index (χ1v) is 5.14. The van der Waals surface area contributed by atoms with Gasteiger partial charge in [0.15, 0.2) is 0 Å². The highest BCUT2D eigenvalue weighted by Crippen LogP contribution is 2.03. The van der Waals surface area contributed by atoms with Gasteiger partial charge >= 0.3 is 0 Å². The Morgan fingerprint density at radius 1 is 1.27 bits per heavy atom. The molecule has 1 N–H and O–H groups in total. The van der Waals surface area contributed by atoms with Crippen LogP contribution in [0, 0.1) is 6.92 Å². The lowest BCUT2D eigenvalue weighted by atomic mass is 10.2. The predicted octanol–water partition coefficient (Wildman–Crippen LogP) is 0.851. The van der Waals surface area contributed by atoms with Gasteiger partial charge in [-0.15, -0.1) is 0 Å². The Morgan fingerprint density at radius 2 is 2.00 bits per heavy atom. The summed E-state index contributed by atoms with van der Waals surface area (Å²) < 4.78 is 1.41. The van der Waals surface area contributed by atoms with Crippen LogP contribution in [0.15, 0.2) is 4.79 Å². The van der Waals surface area contributed by atoms with Gasteiger partial charge in [0.2, 0.25) is 0 Å². The molecule has 2 heterocycles. The maximum Gasteiger partial charge on any atom is 0.277 e. The average Bonchev–Trinajstić information content (AvgIpc) is 2.66. The molecule has 0 saturated heterocycles. The van der Waals surface area contributed by atoms with E-state index in [4.69, 9.17) is 0 Å². The lowest BCUT2D eigenvalue weighted by Crippen LogP contribution is -2.20. The number of aromatic amines is 1. The summed E-state index contributed by atoms with van der Waals surface area (Å²) in [6, 6.07) is 0. The molecule has 0 bridgehead atoms. The maximum absolute atomic E-state index is 11.9. The van der Waals surface area contributed by atoms with E-state index in [-0.39, 0.29) is 5.56 Å². The van der Waals surface area contributed by atoms with Crippen molar-refractivity contribution in [3.63, 3.8) is 0 Å². The highest BCUT2D eigenvalue weighted by Gasteiger charge is 2.10. The Bertz CT molecular complexity index is 552. The number of aryl methyl sites for hydroxylation is 2. The van der Waals surface area contributed by atoms with Gasteiger partial charge in [0.25, 0.3) is 11.3 Å². The van der Waals surface area contributed by atoms with Gasteiger partial charge in [-0.2, -0.15) is 9.50 Å². The molecule has 5 nitrogen and oxygen atoms in total. The van der Waals surface area contributed by atoms with Gasteiger partial charge < -0.3 is 0 Å². The summed E-state index contributed by atoms with van der Waals surface area (Å²) in [5, 5.41) is 2.94. The molecule has 2 rings (SSSR count). The summed E-state index contributed by atoms with van der Waals surface area (Å²) in [7, 11) is 0. The zero-order chi connectivity index (χ0) is 11.0. The monoisotopic (exact) mass is 206 g/mol. The molecule has 2 aromatic rings.